The fraction of sp³-hybridized carbons (Fsp3) is 0.450. The van der Waals surface area contributed by atoms with Gasteiger partial charge in [-0.15, -0.1) is 0 Å². The maximum absolute atomic E-state index is 10.5. The number of nitrogens with one attached hydrogen (secondary N) is 1. The van der Waals surface area contributed by atoms with Crippen molar-refractivity contribution in [1.29, 1.82) is 0 Å². The van der Waals surface area contributed by atoms with Crippen LogP contribution in [0.5, 0.6) is 0 Å². The first-order valence-corrected chi connectivity index (χ1v) is 9.03. The van der Waals surface area contributed by atoms with Gasteiger partial charge in [0.15, 0.2) is 0 Å². The van der Waals surface area contributed by atoms with Crippen molar-refractivity contribution in [3.8, 4) is 0 Å². The van der Waals surface area contributed by atoms with Crippen LogP contribution in [0.1, 0.15) is 61.4 Å². The molecule has 25 heavy (non-hydrogen) atoms. The monoisotopic (exact) mass is 339 g/mol. The van der Waals surface area contributed by atoms with E-state index in [0.29, 0.717) is 11.9 Å². The Morgan fingerprint density at radius 3 is 2.60 bits per heavy atom. The molecule has 1 aliphatic carbocycles. The van der Waals surface area contributed by atoms with Crippen LogP contribution in [0.15, 0.2) is 30.3 Å². The van der Waals surface area contributed by atoms with Crippen molar-refractivity contribution in [1.82, 2.24) is 9.97 Å². The number of carboxylic acids is 1. The van der Waals surface area contributed by atoms with Crippen LogP contribution in [0.2, 0.25) is 0 Å². The Labute approximate surface area is 148 Å². The number of nitrogens with zero attached hydrogens (tertiary/aromatic N) is 2. The Kier molecular flexibility index (Phi) is 5.64. The Bertz CT molecular complexity index is 724. The zero-order valence-corrected chi connectivity index (χ0v) is 14.7. The molecule has 5 heteroatoms. The molecule has 0 spiro atoms. The van der Waals surface area contributed by atoms with Crippen LogP contribution in [0, 0.1) is 6.92 Å². The summed E-state index contributed by atoms with van der Waals surface area (Å²) >= 11 is 0. The van der Waals surface area contributed by atoms with E-state index in [4.69, 9.17) is 5.11 Å². The lowest BCUT2D eigenvalue weighted by molar-refractivity contribution is -0.137. The standard InChI is InChI=1S/C20H25N3O2/c1-14-13-18(16-9-10-16)23-20(21-14)22-17-11-7-15(8-12-17)5-3-2-4-6-19(24)25/h7-8,11-13,16H,2-6,9-10H2,1H3,(H,24,25)(H,21,22,23). The van der Waals surface area contributed by atoms with Crippen molar-refractivity contribution in [2.24, 2.45) is 0 Å². The lowest BCUT2D eigenvalue weighted by atomic mass is 10.1. The topological polar surface area (TPSA) is 75.1 Å². The van der Waals surface area contributed by atoms with Crippen molar-refractivity contribution >= 4 is 17.6 Å². The van der Waals surface area contributed by atoms with Gasteiger partial charge in [-0.05, 0) is 62.8 Å². The van der Waals surface area contributed by atoms with E-state index < -0.39 is 5.97 Å². The summed E-state index contributed by atoms with van der Waals surface area (Å²) in [4.78, 5) is 19.6. The fourth-order valence-electron chi connectivity index (χ4n) is 2.90. The van der Waals surface area contributed by atoms with Gasteiger partial charge < -0.3 is 10.4 Å². The molecule has 0 aliphatic heterocycles. The highest BCUT2D eigenvalue weighted by atomic mass is 16.4. The summed E-state index contributed by atoms with van der Waals surface area (Å²) in [5.41, 5.74) is 4.40. The van der Waals surface area contributed by atoms with Gasteiger partial charge in [-0.3, -0.25) is 4.79 Å². The largest absolute Gasteiger partial charge is 0.481 e. The molecule has 2 N–H and O–H groups in total. The SMILES string of the molecule is Cc1cc(C2CC2)nc(Nc2ccc(CCCCCC(=O)O)cc2)n1. The summed E-state index contributed by atoms with van der Waals surface area (Å²) in [6.07, 6.45) is 6.44. The Morgan fingerprint density at radius 2 is 1.92 bits per heavy atom. The normalized spacial score (nSPS) is 13.6. The molecule has 5 nitrogen and oxygen atoms in total. The molecule has 0 unspecified atom stereocenters. The van der Waals surface area contributed by atoms with Gasteiger partial charge in [0.1, 0.15) is 0 Å². The smallest absolute Gasteiger partial charge is 0.303 e. The van der Waals surface area contributed by atoms with Crippen LogP contribution in [0.4, 0.5) is 11.6 Å². The number of aromatic nitrogens is 2. The van der Waals surface area contributed by atoms with Crippen molar-refractivity contribution < 1.29 is 9.90 Å². The van der Waals surface area contributed by atoms with Crippen LogP contribution < -0.4 is 5.32 Å². The molecule has 0 bridgehead atoms. The van der Waals surface area contributed by atoms with Gasteiger partial charge >= 0.3 is 5.97 Å². The molecule has 0 radical (unpaired) electrons. The number of aryl methyl sites for hydroxylation is 2. The first-order valence-electron chi connectivity index (χ1n) is 9.03. The molecule has 1 saturated carbocycles. The van der Waals surface area contributed by atoms with E-state index >= 15 is 0 Å². The molecule has 1 aromatic heterocycles. The number of carbonyl (C=O) groups is 1. The average Bonchev–Trinajstić information content (AvgIpc) is 3.40. The number of anilines is 2. The number of hydrogen-bond acceptors (Lipinski definition) is 4. The molecule has 0 saturated heterocycles. The Hall–Kier alpha value is -2.43. The third-order valence-electron chi connectivity index (χ3n) is 4.44. The predicted octanol–water partition coefficient (Wildman–Crippen LogP) is 4.59. The van der Waals surface area contributed by atoms with E-state index in [0.717, 1.165) is 42.8 Å². The number of benzene rings is 1. The van der Waals surface area contributed by atoms with Crippen LogP contribution >= 0.6 is 0 Å². The third-order valence-corrected chi connectivity index (χ3v) is 4.44. The van der Waals surface area contributed by atoms with Gasteiger partial charge in [0, 0.05) is 29.4 Å². The van der Waals surface area contributed by atoms with Crippen molar-refractivity contribution in [2.45, 2.75) is 57.8 Å². The van der Waals surface area contributed by atoms with E-state index in [1.54, 1.807) is 0 Å². The Morgan fingerprint density at radius 1 is 1.16 bits per heavy atom. The van der Waals surface area contributed by atoms with Gasteiger partial charge in [0.05, 0.1) is 0 Å². The van der Waals surface area contributed by atoms with E-state index in [1.807, 2.05) is 6.92 Å². The minimum atomic E-state index is -0.710. The second-order valence-corrected chi connectivity index (χ2v) is 6.81. The average molecular weight is 339 g/mol. The summed E-state index contributed by atoms with van der Waals surface area (Å²) in [5, 5.41) is 11.9. The van der Waals surface area contributed by atoms with E-state index in [1.165, 1.54) is 18.4 Å². The van der Waals surface area contributed by atoms with Crippen molar-refractivity contribution in [3.05, 3.63) is 47.3 Å². The fourth-order valence-corrected chi connectivity index (χ4v) is 2.90. The maximum atomic E-state index is 10.5. The molecule has 3 rings (SSSR count). The van der Waals surface area contributed by atoms with E-state index in [9.17, 15) is 4.79 Å². The highest BCUT2D eigenvalue weighted by Gasteiger charge is 2.25. The van der Waals surface area contributed by atoms with Gasteiger partial charge in [-0.25, -0.2) is 9.97 Å². The van der Waals surface area contributed by atoms with Crippen molar-refractivity contribution in [3.63, 3.8) is 0 Å². The number of aliphatic carboxylic acids is 1. The van der Waals surface area contributed by atoms with Gasteiger partial charge in [0.2, 0.25) is 5.95 Å². The first-order chi connectivity index (χ1) is 12.1. The van der Waals surface area contributed by atoms with Gasteiger partial charge in [-0.2, -0.15) is 0 Å². The third kappa shape index (κ3) is 5.55. The quantitative estimate of drug-likeness (QED) is 0.653. The maximum Gasteiger partial charge on any atom is 0.303 e. The van der Waals surface area contributed by atoms with Gasteiger partial charge in [-0.1, -0.05) is 18.6 Å². The first kappa shape index (κ1) is 17.4. The highest BCUT2D eigenvalue weighted by Crippen LogP contribution is 2.39. The Balaban J connectivity index is 1.51. The molecular weight excluding hydrogens is 314 g/mol. The molecule has 1 aromatic carbocycles. The second-order valence-electron chi connectivity index (χ2n) is 6.81. The van der Waals surface area contributed by atoms with E-state index in [-0.39, 0.29) is 6.42 Å². The lowest BCUT2D eigenvalue weighted by Gasteiger charge is -2.09. The van der Waals surface area contributed by atoms with Gasteiger partial charge in [0.25, 0.3) is 0 Å². The minimum Gasteiger partial charge on any atom is -0.481 e. The molecule has 0 amide bonds. The lowest BCUT2D eigenvalue weighted by Crippen LogP contribution is -2.01. The summed E-state index contributed by atoms with van der Waals surface area (Å²) in [6.45, 7) is 2.01. The number of unbranched alkanes of at least 4 members (excludes halogenated alkanes) is 2. The van der Waals surface area contributed by atoms with E-state index in [2.05, 4.69) is 45.6 Å². The predicted molar refractivity (Wildman–Crippen MR) is 98.3 cm³/mol. The molecule has 1 heterocycles. The molecule has 1 aliphatic rings. The summed E-state index contributed by atoms with van der Waals surface area (Å²) in [7, 11) is 0. The van der Waals surface area contributed by atoms with Crippen molar-refractivity contribution in [2.75, 3.05) is 5.32 Å². The summed E-state index contributed by atoms with van der Waals surface area (Å²) in [5.74, 6) is 0.577. The summed E-state index contributed by atoms with van der Waals surface area (Å²) in [6, 6.07) is 10.4. The number of carboxylic acid groups (broad SMARTS) is 1. The van der Waals surface area contributed by atoms with Crippen LogP contribution in [0.25, 0.3) is 0 Å². The highest BCUT2D eigenvalue weighted by molar-refractivity contribution is 5.66. The second kappa shape index (κ2) is 8.10. The molecular formula is C20H25N3O2. The van der Waals surface area contributed by atoms with Crippen LogP contribution in [-0.2, 0) is 11.2 Å². The molecule has 132 valence electrons. The molecule has 0 atom stereocenters. The number of hydrogen-bond donors (Lipinski definition) is 2. The summed E-state index contributed by atoms with van der Waals surface area (Å²) < 4.78 is 0. The molecule has 2 aromatic rings. The zero-order valence-electron chi connectivity index (χ0n) is 14.7. The van der Waals surface area contributed by atoms with Crippen LogP contribution in [0.3, 0.4) is 0 Å². The van der Waals surface area contributed by atoms with Crippen LogP contribution in [-0.4, -0.2) is 21.0 Å². The minimum absolute atomic E-state index is 0.266. The number of rotatable bonds is 9. The zero-order chi connectivity index (χ0) is 17.6. The molecule has 1 fully saturated rings.